The maximum absolute atomic E-state index is 12.2. The van der Waals surface area contributed by atoms with Crippen LogP contribution in [0.5, 0.6) is 5.75 Å². The third-order valence-electron chi connectivity index (χ3n) is 5.53. The number of hydrogen-bond donors (Lipinski definition) is 5. The molecule has 0 saturated heterocycles. The number of benzene rings is 2. The van der Waals surface area contributed by atoms with Crippen LogP contribution in [0, 0.1) is 5.92 Å². The van der Waals surface area contributed by atoms with Crippen molar-refractivity contribution in [1.82, 2.24) is 5.32 Å². The molecule has 0 heterocycles. The third-order valence-corrected chi connectivity index (χ3v) is 5.82. The number of aliphatic hydroxyl groups excluding tert-OH is 3. The van der Waals surface area contributed by atoms with Crippen LogP contribution in [0.1, 0.15) is 30.6 Å². The van der Waals surface area contributed by atoms with Gasteiger partial charge in [0.2, 0.25) is 5.91 Å². The van der Waals surface area contributed by atoms with Crippen LogP contribution in [-0.4, -0.2) is 57.7 Å². The number of methoxy groups -OCH3 is 1. The Kier molecular flexibility index (Phi) is 10.5. The maximum atomic E-state index is 12.2. The van der Waals surface area contributed by atoms with Gasteiger partial charge in [0, 0.05) is 12.3 Å². The van der Waals surface area contributed by atoms with Gasteiger partial charge in [0.1, 0.15) is 17.9 Å². The number of rotatable bonds is 12. The summed E-state index contributed by atoms with van der Waals surface area (Å²) in [5, 5.41) is 43.3. The highest BCUT2D eigenvalue weighted by atomic mass is 35.5. The van der Waals surface area contributed by atoms with Crippen LogP contribution < -0.4 is 10.1 Å². The van der Waals surface area contributed by atoms with Gasteiger partial charge in [-0.3, -0.25) is 4.79 Å². The van der Waals surface area contributed by atoms with Gasteiger partial charge in [-0.05, 0) is 35.8 Å². The average Bonchev–Trinajstić information content (AvgIpc) is 2.82. The summed E-state index contributed by atoms with van der Waals surface area (Å²) < 4.78 is 5.07. The van der Waals surface area contributed by atoms with Gasteiger partial charge in [0.05, 0.1) is 24.3 Å². The molecule has 0 saturated carbocycles. The zero-order valence-corrected chi connectivity index (χ0v) is 19.7. The summed E-state index contributed by atoms with van der Waals surface area (Å²) in [6.07, 6.45) is -0.850. The SMILES string of the molecule is COc1ccc(C[C@H](NC(=O)C=CC[C@H](O)[C@H](C)[C@@H](O)[C@@H](O)c2ccccc2)C(=O)O)cc1Cl. The first-order chi connectivity index (χ1) is 16.1. The number of nitrogens with one attached hydrogen (secondary N) is 1. The first-order valence-electron chi connectivity index (χ1n) is 10.8. The van der Waals surface area contributed by atoms with Crippen LogP contribution >= 0.6 is 11.6 Å². The average molecular weight is 492 g/mol. The van der Waals surface area contributed by atoms with E-state index in [4.69, 9.17) is 16.3 Å². The summed E-state index contributed by atoms with van der Waals surface area (Å²) in [4.78, 5) is 23.8. The van der Waals surface area contributed by atoms with Crippen LogP contribution in [0.4, 0.5) is 0 Å². The lowest BCUT2D eigenvalue weighted by atomic mass is 9.89. The van der Waals surface area contributed by atoms with Crippen LogP contribution in [0.2, 0.25) is 5.02 Å². The second-order valence-corrected chi connectivity index (χ2v) is 8.39. The van der Waals surface area contributed by atoms with Crippen molar-refractivity contribution in [2.45, 2.75) is 44.1 Å². The molecule has 0 aliphatic heterocycles. The van der Waals surface area contributed by atoms with E-state index in [1.165, 1.54) is 13.2 Å². The fourth-order valence-corrected chi connectivity index (χ4v) is 3.66. The van der Waals surface area contributed by atoms with Crippen molar-refractivity contribution in [3.8, 4) is 5.75 Å². The minimum Gasteiger partial charge on any atom is -0.495 e. The molecule has 0 aliphatic rings. The highest BCUT2D eigenvalue weighted by Crippen LogP contribution is 2.26. The summed E-state index contributed by atoms with van der Waals surface area (Å²) in [5.74, 6) is -2.08. The molecule has 5 N–H and O–H groups in total. The lowest BCUT2D eigenvalue weighted by Crippen LogP contribution is -2.41. The molecule has 5 atom stereocenters. The van der Waals surface area contributed by atoms with Crippen LogP contribution in [0.15, 0.2) is 60.7 Å². The summed E-state index contributed by atoms with van der Waals surface area (Å²) in [6.45, 7) is 1.59. The van der Waals surface area contributed by atoms with Crippen molar-refractivity contribution in [1.29, 1.82) is 0 Å². The van der Waals surface area contributed by atoms with Crippen molar-refractivity contribution < 1.29 is 34.8 Å². The van der Waals surface area contributed by atoms with Crippen molar-refractivity contribution in [3.05, 3.63) is 76.8 Å². The largest absolute Gasteiger partial charge is 0.495 e. The van der Waals surface area contributed by atoms with E-state index in [1.807, 2.05) is 0 Å². The predicted molar refractivity (Wildman–Crippen MR) is 128 cm³/mol. The quantitative estimate of drug-likeness (QED) is 0.288. The van der Waals surface area contributed by atoms with Crippen molar-refractivity contribution in [2.75, 3.05) is 7.11 Å². The summed E-state index contributed by atoms with van der Waals surface area (Å²) in [7, 11) is 1.47. The number of halogens is 1. The van der Waals surface area contributed by atoms with Crippen molar-refractivity contribution in [2.24, 2.45) is 5.92 Å². The van der Waals surface area contributed by atoms with E-state index in [0.29, 0.717) is 21.9 Å². The van der Waals surface area contributed by atoms with E-state index in [0.717, 1.165) is 6.08 Å². The molecular formula is C25H30ClNO7. The van der Waals surface area contributed by atoms with Gasteiger partial charge in [-0.15, -0.1) is 0 Å². The Balaban J connectivity index is 1.90. The van der Waals surface area contributed by atoms with E-state index in [-0.39, 0.29) is 12.8 Å². The molecule has 8 nitrogen and oxygen atoms in total. The number of ether oxygens (including phenoxy) is 1. The Labute approximate surface area is 203 Å². The van der Waals surface area contributed by atoms with E-state index >= 15 is 0 Å². The molecular weight excluding hydrogens is 462 g/mol. The fourth-order valence-electron chi connectivity index (χ4n) is 3.38. The molecule has 0 aromatic heterocycles. The molecule has 0 aliphatic carbocycles. The number of amides is 1. The van der Waals surface area contributed by atoms with Crippen LogP contribution in [0.3, 0.4) is 0 Å². The van der Waals surface area contributed by atoms with Gasteiger partial charge in [-0.25, -0.2) is 4.79 Å². The first kappa shape index (κ1) is 27.3. The van der Waals surface area contributed by atoms with Gasteiger partial charge < -0.3 is 30.5 Å². The first-order valence-corrected chi connectivity index (χ1v) is 11.1. The van der Waals surface area contributed by atoms with E-state index in [9.17, 15) is 30.0 Å². The van der Waals surface area contributed by atoms with Gasteiger partial charge in [0.15, 0.2) is 0 Å². The molecule has 2 rings (SSSR count). The predicted octanol–water partition coefficient (Wildman–Crippen LogP) is 2.50. The monoisotopic (exact) mass is 491 g/mol. The summed E-state index contributed by atoms with van der Waals surface area (Å²) >= 11 is 6.07. The van der Waals surface area contributed by atoms with E-state index in [2.05, 4.69) is 5.32 Å². The Morgan fingerprint density at radius 1 is 1.12 bits per heavy atom. The topological polar surface area (TPSA) is 136 Å². The zero-order chi connectivity index (χ0) is 25.3. The number of carbonyl (C=O) groups excluding carboxylic acids is 1. The summed E-state index contributed by atoms with van der Waals surface area (Å²) in [6, 6.07) is 12.3. The maximum Gasteiger partial charge on any atom is 0.326 e. The molecule has 34 heavy (non-hydrogen) atoms. The van der Waals surface area contributed by atoms with Crippen LogP contribution in [0.25, 0.3) is 0 Å². The molecule has 1 amide bonds. The molecule has 184 valence electrons. The number of carbonyl (C=O) groups is 2. The molecule has 0 bridgehead atoms. The molecule has 0 radical (unpaired) electrons. The molecule has 0 fully saturated rings. The number of aliphatic carboxylic acids is 1. The number of hydrogen-bond acceptors (Lipinski definition) is 6. The highest BCUT2D eigenvalue weighted by molar-refractivity contribution is 6.32. The second kappa shape index (κ2) is 13.1. The number of carboxylic acids is 1. The highest BCUT2D eigenvalue weighted by Gasteiger charge is 2.28. The van der Waals surface area contributed by atoms with Crippen molar-refractivity contribution >= 4 is 23.5 Å². The second-order valence-electron chi connectivity index (χ2n) is 7.98. The molecule has 0 unspecified atom stereocenters. The zero-order valence-electron chi connectivity index (χ0n) is 19.0. The number of carboxylic acid groups (broad SMARTS) is 1. The van der Waals surface area contributed by atoms with E-state index < -0.39 is 42.1 Å². The number of aliphatic hydroxyl groups is 3. The van der Waals surface area contributed by atoms with Crippen molar-refractivity contribution in [3.63, 3.8) is 0 Å². The third kappa shape index (κ3) is 7.85. The van der Waals surface area contributed by atoms with Crippen LogP contribution in [-0.2, 0) is 16.0 Å². The van der Waals surface area contributed by atoms with Gasteiger partial charge >= 0.3 is 5.97 Å². The standard InChI is InChI=1S/C25H30ClNO7/c1-15(23(30)24(31)17-7-4-3-5-8-17)20(28)9-6-10-22(29)27-19(25(32)33)14-16-11-12-21(34-2)18(26)13-16/h3-8,10-13,15,19-20,23-24,28,30-31H,9,14H2,1-2H3,(H,27,29)(H,32,33)/t15-,19-,20-,23+,24-/m0/s1. The van der Waals surface area contributed by atoms with E-state index in [1.54, 1.807) is 55.5 Å². The smallest absolute Gasteiger partial charge is 0.326 e. The normalized spacial score (nSPS) is 15.8. The van der Waals surface area contributed by atoms with Gasteiger partial charge in [0.25, 0.3) is 0 Å². The Bertz CT molecular complexity index is 982. The fraction of sp³-hybridized carbons (Fsp3) is 0.360. The van der Waals surface area contributed by atoms with Gasteiger partial charge in [-0.1, -0.05) is 61.0 Å². The summed E-state index contributed by atoms with van der Waals surface area (Å²) in [5.41, 5.74) is 1.14. The Morgan fingerprint density at radius 3 is 2.38 bits per heavy atom. The lowest BCUT2D eigenvalue weighted by molar-refractivity contribution is -0.141. The molecule has 2 aromatic rings. The Hall–Kier alpha value is -2.91. The minimum absolute atomic E-state index is 0.0157. The van der Waals surface area contributed by atoms with Gasteiger partial charge in [-0.2, -0.15) is 0 Å². The minimum atomic E-state index is -1.22. The Morgan fingerprint density at radius 2 is 1.79 bits per heavy atom. The molecule has 0 spiro atoms. The lowest BCUT2D eigenvalue weighted by Gasteiger charge is -2.27. The molecule has 9 heteroatoms. The molecule has 2 aromatic carbocycles.